The SMILES string of the molecule is O=S(=O)(c1ccc(C(F)F)cc1)N1CCC(Cn2ccc3nc(-c4cn[nH]c4)ccc32)CC1. The summed E-state index contributed by atoms with van der Waals surface area (Å²) >= 11 is 0. The lowest BCUT2D eigenvalue weighted by Crippen LogP contribution is -2.39. The maximum atomic E-state index is 12.9. The Labute approximate surface area is 190 Å². The van der Waals surface area contributed by atoms with Crippen molar-refractivity contribution in [2.45, 2.75) is 30.7 Å². The topological polar surface area (TPSA) is 83.9 Å². The van der Waals surface area contributed by atoms with Crippen molar-refractivity contribution in [2.75, 3.05) is 13.1 Å². The maximum Gasteiger partial charge on any atom is 0.263 e. The molecule has 1 saturated heterocycles. The van der Waals surface area contributed by atoms with E-state index in [0.717, 1.165) is 41.7 Å². The van der Waals surface area contributed by atoms with Gasteiger partial charge in [-0.1, -0.05) is 12.1 Å². The van der Waals surface area contributed by atoms with E-state index < -0.39 is 16.4 Å². The van der Waals surface area contributed by atoms with Gasteiger partial charge in [-0.15, -0.1) is 0 Å². The average molecular weight is 472 g/mol. The van der Waals surface area contributed by atoms with Crippen LogP contribution < -0.4 is 0 Å². The van der Waals surface area contributed by atoms with Gasteiger partial charge >= 0.3 is 0 Å². The van der Waals surface area contributed by atoms with Crippen molar-refractivity contribution in [3.8, 4) is 11.3 Å². The monoisotopic (exact) mass is 471 g/mol. The highest BCUT2D eigenvalue weighted by atomic mass is 32.2. The van der Waals surface area contributed by atoms with Gasteiger partial charge in [-0.25, -0.2) is 22.2 Å². The number of H-pyrrole nitrogens is 1. The molecule has 0 saturated carbocycles. The summed E-state index contributed by atoms with van der Waals surface area (Å²) in [5.41, 5.74) is 3.55. The molecule has 0 atom stereocenters. The van der Waals surface area contributed by atoms with E-state index in [1.807, 2.05) is 24.4 Å². The Balaban J connectivity index is 1.24. The van der Waals surface area contributed by atoms with Crippen LogP contribution in [0.4, 0.5) is 8.78 Å². The molecule has 7 nitrogen and oxygen atoms in total. The van der Waals surface area contributed by atoms with Gasteiger partial charge in [-0.05, 0) is 49.1 Å². The third-order valence-electron chi connectivity index (χ3n) is 6.22. The second-order valence-corrected chi connectivity index (χ2v) is 10.2. The minimum atomic E-state index is -3.69. The molecule has 0 radical (unpaired) electrons. The van der Waals surface area contributed by atoms with Crippen LogP contribution >= 0.6 is 0 Å². The molecule has 1 fully saturated rings. The van der Waals surface area contributed by atoms with Gasteiger partial charge in [0.2, 0.25) is 10.0 Å². The fourth-order valence-corrected chi connectivity index (χ4v) is 5.80. The Morgan fingerprint density at radius 2 is 1.82 bits per heavy atom. The molecule has 0 amide bonds. The van der Waals surface area contributed by atoms with Crippen LogP contribution in [0.25, 0.3) is 22.3 Å². The number of aromatic nitrogens is 4. The molecular weight excluding hydrogens is 448 g/mol. The van der Waals surface area contributed by atoms with Gasteiger partial charge in [0.15, 0.2) is 0 Å². The molecule has 4 aromatic rings. The molecule has 1 aliphatic heterocycles. The normalized spacial score (nSPS) is 16.1. The molecular formula is C23H23F2N5O2S. The van der Waals surface area contributed by atoms with Crippen molar-refractivity contribution in [3.63, 3.8) is 0 Å². The van der Waals surface area contributed by atoms with Crippen LogP contribution in [-0.2, 0) is 16.6 Å². The van der Waals surface area contributed by atoms with Crippen molar-refractivity contribution in [1.29, 1.82) is 0 Å². The van der Waals surface area contributed by atoms with Crippen molar-refractivity contribution in [3.05, 3.63) is 66.6 Å². The van der Waals surface area contributed by atoms with Crippen LogP contribution in [0.15, 0.2) is 66.0 Å². The van der Waals surface area contributed by atoms with E-state index in [2.05, 4.69) is 14.8 Å². The number of hydrogen-bond donors (Lipinski definition) is 1. The zero-order valence-corrected chi connectivity index (χ0v) is 18.5. The third-order valence-corrected chi connectivity index (χ3v) is 8.13. The van der Waals surface area contributed by atoms with Crippen molar-refractivity contribution in [2.24, 2.45) is 5.92 Å². The molecule has 1 N–H and O–H groups in total. The lowest BCUT2D eigenvalue weighted by molar-refractivity contribution is 0.151. The van der Waals surface area contributed by atoms with Gasteiger partial charge in [-0.2, -0.15) is 9.40 Å². The van der Waals surface area contributed by atoms with Gasteiger partial charge in [0.05, 0.1) is 27.8 Å². The van der Waals surface area contributed by atoms with Crippen LogP contribution in [0, 0.1) is 5.92 Å². The highest BCUT2D eigenvalue weighted by Crippen LogP contribution is 2.28. The van der Waals surface area contributed by atoms with E-state index in [1.54, 1.807) is 12.4 Å². The number of fused-ring (bicyclic) bond motifs is 1. The number of nitrogens with zero attached hydrogens (tertiary/aromatic N) is 4. The summed E-state index contributed by atoms with van der Waals surface area (Å²) in [4.78, 5) is 4.77. The van der Waals surface area contributed by atoms with Crippen LogP contribution in [-0.4, -0.2) is 45.6 Å². The van der Waals surface area contributed by atoms with Crippen molar-refractivity contribution in [1.82, 2.24) is 24.1 Å². The highest BCUT2D eigenvalue weighted by molar-refractivity contribution is 7.89. The number of alkyl halides is 2. The number of sulfonamides is 1. The van der Waals surface area contributed by atoms with Crippen LogP contribution in [0.5, 0.6) is 0 Å². The molecule has 0 spiro atoms. The van der Waals surface area contributed by atoms with Gasteiger partial charge in [0.25, 0.3) is 6.43 Å². The van der Waals surface area contributed by atoms with Gasteiger partial charge in [0, 0.05) is 43.2 Å². The van der Waals surface area contributed by atoms with E-state index in [1.165, 1.54) is 28.6 Å². The predicted molar refractivity (Wildman–Crippen MR) is 120 cm³/mol. The second-order valence-electron chi connectivity index (χ2n) is 8.27. The first-order valence-corrected chi connectivity index (χ1v) is 12.2. The molecule has 0 bridgehead atoms. The summed E-state index contributed by atoms with van der Waals surface area (Å²) < 4.78 is 55.0. The van der Waals surface area contributed by atoms with Gasteiger partial charge < -0.3 is 4.57 Å². The minimum Gasteiger partial charge on any atom is -0.346 e. The average Bonchev–Trinajstić information content (AvgIpc) is 3.50. The smallest absolute Gasteiger partial charge is 0.263 e. The van der Waals surface area contributed by atoms with E-state index in [-0.39, 0.29) is 10.5 Å². The van der Waals surface area contributed by atoms with Crippen molar-refractivity contribution < 1.29 is 17.2 Å². The molecule has 0 unspecified atom stereocenters. The van der Waals surface area contributed by atoms with E-state index >= 15 is 0 Å². The first-order valence-electron chi connectivity index (χ1n) is 10.7. The lowest BCUT2D eigenvalue weighted by Gasteiger charge is -2.31. The summed E-state index contributed by atoms with van der Waals surface area (Å²) in [5.74, 6) is 0.335. The Bertz CT molecular complexity index is 1340. The largest absolute Gasteiger partial charge is 0.346 e. The molecule has 1 aromatic carbocycles. The van der Waals surface area contributed by atoms with E-state index in [4.69, 9.17) is 4.98 Å². The first kappa shape index (κ1) is 21.7. The molecule has 3 aromatic heterocycles. The predicted octanol–water partition coefficient (Wildman–Crippen LogP) is 4.46. The van der Waals surface area contributed by atoms with Crippen LogP contribution in [0.2, 0.25) is 0 Å². The molecule has 5 rings (SSSR count). The number of aromatic amines is 1. The fraction of sp³-hybridized carbons (Fsp3) is 0.304. The molecule has 4 heterocycles. The number of nitrogens with one attached hydrogen (secondary N) is 1. The second kappa shape index (κ2) is 8.68. The summed E-state index contributed by atoms with van der Waals surface area (Å²) in [6.45, 7) is 1.60. The first-order chi connectivity index (χ1) is 15.9. The van der Waals surface area contributed by atoms with Crippen molar-refractivity contribution >= 4 is 21.1 Å². The zero-order chi connectivity index (χ0) is 23.0. The molecule has 1 aliphatic rings. The molecule has 0 aliphatic carbocycles. The van der Waals surface area contributed by atoms with Crippen LogP contribution in [0.3, 0.4) is 0 Å². The number of piperidine rings is 1. The Morgan fingerprint density at radius 3 is 2.48 bits per heavy atom. The Morgan fingerprint density at radius 1 is 1.06 bits per heavy atom. The number of rotatable bonds is 6. The quantitative estimate of drug-likeness (QED) is 0.450. The molecule has 10 heteroatoms. The molecule has 33 heavy (non-hydrogen) atoms. The summed E-state index contributed by atoms with van der Waals surface area (Å²) in [5, 5.41) is 6.76. The zero-order valence-electron chi connectivity index (χ0n) is 17.7. The van der Waals surface area contributed by atoms with Gasteiger partial charge in [0.1, 0.15) is 0 Å². The summed E-state index contributed by atoms with van der Waals surface area (Å²) in [7, 11) is -3.69. The Hall–Kier alpha value is -3.11. The maximum absolute atomic E-state index is 12.9. The van der Waals surface area contributed by atoms with Crippen LogP contribution in [0.1, 0.15) is 24.8 Å². The standard InChI is InChI=1S/C23H23F2N5O2S/c24-23(25)17-1-3-19(4-2-17)33(31,32)30-11-7-16(8-12-30)15-29-10-9-21-22(29)6-5-20(28-21)18-13-26-27-14-18/h1-6,9-10,13-14,16,23H,7-8,11-12,15H2,(H,26,27). The third kappa shape index (κ3) is 4.28. The van der Waals surface area contributed by atoms with E-state index in [0.29, 0.717) is 19.0 Å². The number of halogens is 2. The highest BCUT2D eigenvalue weighted by Gasteiger charge is 2.29. The number of benzene rings is 1. The Kier molecular flexibility index (Phi) is 5.71. The number of hydrogen-bond acceptors (Lipinski definition) is 4. The lowest BCUT2D eigenvalue weighted by atomic mass is 9.98. The fourth-order valence-electron chi connectivity index (χ4n) is 4.33. The molecule has 172 valence electrons. The summed E-state index contributed by atoms with van der Waals surface area (Å²) in [6, 6.07) is 10.9. The van der Waals surface area contributed by atoms with Gasteiger partial charge in [-0.3, -0.25) is 5.10 Å². The summed E-state index contributed by atoms with van der Waals surface area (Å²) in [6.07, 6.45) is 4.41. The van der Waals surface area contributed by atoms with E-state index in [9.17, 15) is 17.2 Å². The minimum absolute atomic E-state index is 0.0567. The number of pyridine rings is 1.